The standard InChI is InChI=1S/C22H23ClN2O4/c1-13(26)12-25-19(14-6-10-17(11-7-14)24(2)3)18(21(28)22(25)29)20(27)15-4-8-16(23)9-5-15/h4-11,13,19,26-27H,12H2,1-3H3/t13-,19+/m1/s1. The topological polar surface area (TPSA) is 81.1 Å². The molecule has 0 radical (unpaired) electrons. The Morgan fingerprint density at radius 1 is 1.10 bits per heavy atom. The SMILES string of the molecule is C[C@@H](O)CN1C(=O)C(=O)C(=C(O)c2ccc(Cl)cc2)[C@@H]1c1ccc(N(C)C)cc1. The van der Waals surface area contributed by atoms with Crippen molar-refractivity contribution >= 4 is 34.7 Å². The Bertz CT molecular complexity index is 950. The number of carbonyl (C=O) groups is 2. The van der Waals surface area contributed by atoms with Gasteiger partial charge in [0.1, 0.15) is 5.76 Å². The second-order valence-corrected chi connectivity index (χ2v) is 7.73. The van der Waals surface area contributed by atoms with Crippen LogP contribution in [-0.2, 0) is 9.59 Å². The number of hydrogen-bond acceptors (Lipinski definition) is 5. The number of aliphatic hydroxyl groups is 2. The highest BCUT2D eigenvalue weighted by Gasteiger charge is 2.46. The molecule has 7 heteroatoms. The van der Waals surface area contributed by atoms with Crippen LogP contribution in [0.3, 0.4) is 0 Å². The van der Waals surface area contributed by atoms with E-state index in [4.69, 9.17) is 11.6 Å². The summed E-state index contributed by atoms with van der Waals surface area (Å²) in [6, 6.07) is 13.0. The normalized spacial score (nSPS) is 19.5. The molecule has 2 N–H and O–H groups in total. The van der Waals surface area contributed by atoms with Crippen LogP contribution in [0.4, 0.5) is 5.69 Å². The Hall–Kier alpha value is -2.83. The molecule has 1 aliphatic heterocycles. The van der Waals surface area contributed by atoms with Crippen LogP contribution in [0.15, 0.2) is 54.1 Å². The molecule has 0 unspecified atom stereocenters. The quantitative estimate of drug-likeness (QED) is 0.446. The van der Waals surface area contributed by atoms with E-state index in [-0.39, 0.29) is 17.9 Å². The number of nitrogens with zero attached hydrogens (tertiary/aromatic N) is 2. The van der Waals surface area contributed by atoms with Crippen molar-refractivity contribution in [2.75, 3.05) is 25.5 Å². The van der Waals surface area contributed by atoms with Crippen molar-refractivity contribution in [3.05, 3.63) is 70.3 Å². The number of carbonyl (C=O) groups excluding carboxylic acids is 2. The van der Waals surface area contributed by atoms with Crippen molar-refractivity contribution in [1.29, 1.82) is 0 Å². The summed E-state index contributed by atoms with van der Waals surface area (Å²) < 4.78 is 0. The second-order valence-electron chi connectivity index (χ2n) is 7.29. The number of halogens is 1. The van der Waals surface area contributed by atoms with Gasteiger partial charge in [-0.2, -0.15) is 0 Å². The number of hydrogen-bond donors (Lipinski definition) is 2. The molecule has 152 valence electrons. The first-order valence-corrected chi connectivity index (χ1v) is 9.58. The van der Waals surface area contributed by atoms with Crippen molar-refractivity contribution in [2.45, 2.75) is 19.1 Å². The highest BCUT2D eigenvalue weighted by atomic mass is 35.5. The molecule has 2 aromatic carbocycles. The summed E-state index contributed by atoms with van der Waals surface area (Å²) in [7, 11) is 3.82. The van der Waals surface area contributed by atoms with Gasteiger partial charge in [0.25, 0.3) is 11.7 Å². The summed E-state index contributed by atoms with van der Waals surface area (Å²) in [6.07, 6.45) is -0.827. The number of Topliss-reactive ketones (excluding diaryl/α,β-unsaturated/α-hetero) is 1. The van der Waals surface area contributed by atoms with E-state index in [2.05, 4.69) is 0 Å². The predicted octanol–water partition coefficient (Wildman–Crippen LogP) is 3.21. The molecule has 6 nitrogen and oxygen atoms in total. The summed E-state index contributed by atoms with van der Waals surface area (Å²) in [5, 5.41) is 21.3. The highest BCUT2D eigenvalue weighted by Crippen LogP contribution is 2.40. The number of likely N-dealkylation sites (tertiary alicyclic amines) is 1. The molecule has 0 bridgehead atoms. The summed E-state index contributed by atoms with van der Waals surface area (Å²) >= 11 is 5.91. The predicted molar refractivity (Wildman–Crippen MR) is 113 cm³/mol. The maximum atomic E-state index is 12.8. The van der Waals surface area contributed by atoms with E-state index in [0.717, 1.165) is 5.69 Å². The fourth-order valence-electron chi connectivity index (χ4n) is 3.42. The number of amides is 1. The van der Waals surface area contributed by atoms with E-state index < -0.39 is 23.8 Å². The van der Waals surface area contributed by atoms with Crippen molar-refractivity contribution < 1.29 is 19.8 Å². The molecule has 29 heavy (non-hydrogen) atoms. The third kappa shape index (κ3) is 4.13. The smallest absolute Gasteiger partial charge is 0.295 e. The Morgan fingerprint density at radius 3 is 2.21 bits per heavy atom. The number of β-amino-alcohol motifs (C(OH)–C–C–N with tert-alkyl or cyclic N) is 1. The minimum atomic E-state index is -0.827. The van der Waals surface area contributed by atoms with Crippen LogP contribution in [0.25, 0.3) is 5.76 Å². The van der Waals surface area contributed by atoms with E-state index in [1.54, 1.807) is 31.2 Å². The van der Waals surface area contributed by atoms with Crippen LogP contribution in [0.1, 0.15) is 24.1 Å². The van der Waals surface area contributed by atoms with Crippen molar-refractivity contribution in [3.8, 4) is 0 Å². The average molecular weight is 415 g/mol. The van der Waals surface area contributed by atoms with Crippen molar-refractivity contribution in [3.63, 3.8) is 0 Å². The van der Waals surface area contributed by atoms with Gasteiger partial charge in [0.05, 0.1) is 17.7 Å². The van der Waals surface area contributed by atoms with E-state index in [0.29, 0.717) is 16.1 Å². The van der Waals surface area contributed by atoms with Crippen LogP contribution in [-0.4, -0.2) is 53.5 Å². The largest absolute Gasteiger partial charge is 0.507 e. The number of rotatable bonds is 5. The van der Waals surface area contributed by atoms with E-state index >= 15 is 0 Å². The van der Waals surface area contributed by atoms with Gasteiger partial charge in [0, 0.05) is 36.9 Å². The Labute approximate surface area is 174 Å². The van der Waals surface area contributed by atoms with E-state index in [9.17, 15) is 19.8 Å². The number of ketones is 1. The van der Waals surface area contributed by atoms with Gasteiger partial charge >= 0.3 is 0 Å². The molecular formula is C22H23ClN2O4. The molecule has 1 amide bonds. The lowest BCUT2D eigenvalue weighted by molar-refractivity contribution is -0.140. The van der Waals surface area contributed by atoms with Gasteiger partial charge in [0.15, 0.2) is 0 Å². The molecule has 0 saturated carbocycles. The molecule has 3 rings (SSSR count). The fourth-order valence-corrected chi connectivity index (χ4v) is 3.54. The molecule has 0 spiro atoms. The maximum absolute atomic E-state index is 12.8. The molecule has 1 aliphatic rings. The molecule has 2 atom stereocenters. The van der Waals surface area contributed by atoms with Gasteiger partial charge < -0.3 is 20.0 Å². The monoisotopic (exact) mass is 414 g/mol. The first-order valence-electron chi connectivity index (χ1n) is 9.20. The third-order valence-corrected chi connectivity index (χ3v) is 5.10. The van der Waals surface area contributed by atoms with Crippen LogP contribution < -0.4 is 4.90 Å². The van der Waals surface area contributed by atoms with Gasteiger partial charge in [-0.25, -0.2) is 0 Å². The molecule has 0 aromatic heterocycles. The van der Waals surface area contributed by atoms with Gasteiger partial charge in [-0.1, -0.05) is 23.7 Å². The minimum Gasteiger partial charge on any atom is -0.507 e. The van der Waals surface area contributed by atoms with Crippen LogP contribution >= 0.6 is 11.6 Å². The van der Waals surface area contributed by atoms with E-state index in [1.807, 2.05) is 43.3 Å². The molecule has 0 aliphatic carbocycles. The van der Waals surface area contributed by atoms with Gasteiger partial charge in [-0.15, -0.1) is 0 Å². The summed E-state index contributed by atoms with van der Waals surface area (Å²) in [4.78, 5) is 28.7. The van der Waals surface area contributed by atoms with Crippen LogP contribution in [0.5, 0.6) is 0 Å². The molecule has 1 fully saturated rings. The zero-order valence-corrected chi connectivity index (χ0v) is 17.2. The van der Waals surface area contributed by atoms with Gasteiger partial charge in [-0.3, -0.25) is 9.59 Å². The molecular weight excluding hydrogens is 392 g/mol. The Morgan fingerprint density at radius 2 is 1.69 bits per heavy atom. The number of aliphatic hydroxyl groups excluding tert-OH is 2. The maximum Gasteiger partial charge on any atom is 0.295 e. The lowest BCUT2D eigenvalue weighted by Gasteiger charge is -2.26. The van der Waals surface area contributed by atoms with Crippen molar-refractivity contribution in [1.82, 2.24) is 4.90 Å². The highest BCUT2D eigenvalue weighted by molar-refractivity contribution is 6.46. The molecule has 2 aromatic rings. The Kier molecular flexibility index (Phi) is 5.96. The first kappa shape index (κ1) is 20.9. The second kappa shape index (κ2) is 8.27. The summed E-state index contributed by atoms with van der Waals surface area (Å²) in [5.74, 6) is -1.79. The van der Waals surface area contributed by atoms with E-state index in [1.165, 1.54) is 4.90 Å². The average Bonchev–Trinajstić information content (AvgIpc) is 2.92. The lowest BCUT2D eigenvalue weighted by Crippen LogP contribution is -2.35. The first-order chi connectivity index (χ1) is 13.7. The lowest BCUT2D eigenvalue weighted by atomic mass is 9.95. The van der Waals surface area contributed by atoms with Gasteiger partial charge in [0.2, 0.25) is 0 Å². The van der Waals surface area contributed by atoms with Crippen LogP contribution in [0, 0.1) is 0 Å². The van der Waals surface area contributed by atoms with Gasteiger partial charge in [-0.05, 0) is 48.9 Å². The zero-order valence-electron chi connectivity index (χ0n) is 16.5. The number of anilines is 1. The third-order valence-electron chi connectivity index (χ3n) is 4.84. The Balaban J connectivity index is 2.15. The summed E-state index contributed by atoms with van der Waals surface area (Å²) in [6.45, 7) is 1.52. The molecule has 1 heterocycles. The zero-order chi connectivity index (χ0) is 21.3. The minimum absolute atomic E-state index is 0.00410. The van der Waals surface area contributed by atoms with Crippen molar-refractivity contribution in [2.24, 2.45) is 0 Å². The summed E-state index contributed by atoms with van der Waals surface area (Å²) in [5.41, 5.74) is 2.01. The molecule has 1 saturated heterocycles. The number of benzene rings is 2. The van der Waals surface area contributed by atoms with Crippen LogP contribution in [0.2, 0.25) is 5.02 Å². The fraction of sp³-hybridized carbons (Fsp3) is 0.273.